The number of hydrogen-bond acceptors (Lipinski definition) is 4. The van der Waals surface area contributed by atoms with E-state index in [1.54, 1.807) is 7.11 Å². The van der Waals surface area contributed by atoms with Gasteiger partial charge in [0.25, 0.3) is 0 Å². The van der Waals surface area contributed by atoms with Gasteiger partial charge in [-0.2, -0.15) is 0 Å². The van der Waals surface area contributed by atoms with Crippen molar-refractivity contribution >= 4 is 0 Å². The molecule has 0 radical (unpaired) electrons. The van der Waals surface area contributed by atoms with Crippen molar-refractivity contribution in [1.29, 1.82) is 0 Å². The van der Waals surface area contributed by atoms with Crippen LogP contribution in [-0.4, -0.2) is 62.7 Å². The molecule has 4 nitrogen and oxygen atoms in total. The van der Waals surface area contributed by atoms with E-state index < -0.39 is 6.10 Å². The Balaban J connectivity index is 2.77. The van der Waals surface area contributed by atoms with Gasteiger partial charge in [0.15, 0.2) is 0 Å². The van der Waals surface area contributed by atoms with Crippen molar-refractivity contribution in [1.82, 2.24) is 4.90 Å². The summed E-state index contributed by atoms with van der Waals surface area (Å²) in [5, 5.41) is 10.4. The Morgan fingerprint density at radius 2 is 2.20 bits per heavy atom. The van der Waals surface area contributed by atoms with Crippen LogP contribution in [0.1, 0.15) is 20.3 Å². The Labute approximate surface area is 123 Å². The SMILES string of the molecule is COC1C=CCN(C)CCCOCC(C)=CC(C)C1O. The van der Waals surface area contributed by atoms with Crippen molar-refractivity contribution in [2.24, 2.45) is 5.92 Å². The lowest BCUT2D eigenvalue weighted by atomic mass is 9.97. The van der Waals surface area contributed by atoms with Crippen molar-refractivity contribution in [2.45, 2.75) is 32.5 Å². The van der Waals surface area contributed by atoms with Gasteiger partial charge in [-0.15, -0.1) is 0 Å². The van der Waals surface area contributed by atoms with E-state index in [-0.39, 0.29) is 12.0 Å². The molecule has 0 fully saturated rings. The second-order valence-corrected chi connectivity index (χ2v) is 5.66. The van der Waals surface area contributed by atoms with Crippen LogP contribution in [0.3, 0.4) is 0 Å². The molecule has 116 valence electrons. The minimum absolute atomic E-state index is 0.0360. The molecular formula is C16H29NO3. The molecule has 0 aromatic heterocycles. The molecule has 1 heterocycles. The minimum atomic E-state index is -0.542. The van der Waals surface area contributed by atoms with Gasteiger partial charge in [0.2, 0.25) is 0 Å². The number of methoxy groups -OCH3 is 1. The number of likely N-dealkylation sites (N-methyl/N-ethyl adjacent to an activating group) is 1. The molecule has 20 heavy (non-hydrogen) atoms. The molecular weight excluding hydrogens is 254 g/mol. The molecule has 0 saturated heterocycles. The number of aliphatic hydroxyl groups is 1. The van der Waals surface area contributed by atoms with Gasteiger partial charge in [-0.1, -0.05) is 30.7 Å². The fraction of sp³-hybridized carbons (Fsp3) is 0.750. The van der Waals surface area contributed by atoms with Crippen molar-refractivity contribution in [3.05, 3.63) is 23.8 Å². The van der Waals surface area contributed by atoms with Crippen LogP contribution in [0.2, 0.25) is 0 Å². The number of hydrogen-bond donors (Lipinski definition) is 1. The van der Waals surface area contributed by atoms with E-state index in [0.717, 1.165) is 31.7 Å². The Morgan fingerprint density at radius 1 is 1.45 bits per heavy atom. The maximum atomic E-state index is 10.4. The highest BCUT2D eigenvalue weighted by Gasteiger charge is 2.21. The summed E-state index contributed by atoms with van der Waals surface area (Å²) in [6.07, 6.45) is 6.31. The summed E-state index contributed by atoms with van der Waals surface area (Å²) in [6.45, 7) is 7.32. The van der Waals surface area contributed by atoms with Gasteiger partial charge in [-0.05, 0) is 20.4 Å². The van der Waals surface area contributed by atoms with Crippen LogP contribution in [0, 0.1) is 5.92 Å². The summed E-state index contributed by atoms with van der Waals surface area (Å²) in [5.74, 6) is 0.0360. The second kappa shape index (κ2) is 9.29. The Hall–Kier alpha value is -0.680. The molecule has 0 saturated carbocycles. The van der Waals surface area contributed by atoms with Crippen LogP contribution >= 0.6 is 0 Å². The Kier molecular flexibility index (Phi) is 8.07. The molecule has 1 rings (SSSR count). The van der Waals surface area contributed by atoms with E-state index in [2.05, 4.69) is 24.1 Å². The summed E-state index contributed by atoms with van der Waals surface area (Å²) >= 11 is 0. The first-order valence-corrected chi connectivity index (χ1v) is 7.35. The second-order valence-electron chi connectivity index (χ2n) is 5.66. The van der Waals surface area contributed by atoms with Crippen molar-refractivity contribution in [3.63, 3.8) is 0 Å². The van der Waals surface area contributed by atoms with E-state index in [0.29, 0.717) is 6.61 Å². The topological polar surface area (TPSA) is 41.9 Å². The summed E-state index contributed by atoms with van der Waals surface area (Å²) in [7, 11) is 3.72. The largest absolute Gasteiger partial charge is 0.389 e. The molecule has 3 atom stereocenters. The summed E-state index contributed by atoms with van der Waals surface area (Å²) in [4.78, 5) is 2.23. The van der Waals surface area contributed by atoms with Crippen LogP contribution in [0.4, 0.5) is 0 Å². The molecule has 1 aliphatic rings. The summed E-state index contributed by atoms with van der Waals surface area (Å²) in [5.41, 5.74) is 1.15. The fourth-order valence-electron chi connectivity index (χ4n) is 2.36. The smallest absolute Gasteiger partial charge is 0.102 e. The lowest BCUT2D eigenvalue weighted by molar-refractivity contribution is -0.00213. The first-order chi connectivity index (χ1) is 9.54. The molecule has 0 aliphatic carbocycles. The van der Waals surface area contributed by atoms with Gasteiger partial charge in [0, 0.05) is 32.7 Å². The predicted molar refractivity (Wildman–Crippen MR) is 81.8 cm³/mol. The van der Waals surface area contributed by atoms with E-state index in [4.69, 9.17) is 9.47 Å². The van der Waals surface area contributed by atoms with E-state index in [9.17, 15) is 5.11 Å². The zero-order chi connectivity index (χ0) is 15.0. The standard InChI is InChI=1S/C16H29NO3/c1-13-11-14(2)16(18)15(19-4)7-5-8-17(3)9-6-10-20-12-13/h5,7,11,14-16,18H,6,8-10,12H2,1-4H3. The zero-order valence-corrected chi connectivity index (χ0v) is 13.2. The highest BCUT2D eigenvalue weighted by atomic mass is 16.5. The van der Waals surface area contributed by atoms with Crippen LogP contribution in [0.15, 0.2) is 23.8 Å². The average molecular weight is 283 g/mol. The van der Waals surface area contributed by atoms with Gasteiger partial charge in [0.1, 0.15) is 6.10 Å². The van der Waals surface area contributed by atoms with Gasteiger partial charge in [-0.3, -0.25) is 0 Å². The van der Waals surface area contributed by atoms with Crippen molar-refractivity contribution in [2.75, 3.05) is 40.5 Å². The van der Waals surface area contributed by atoms with Gasteiger partial charge >= 0.3 is 0 Å². The Morgan fingerprint density at radius 3 is 2.90 bits per heavy atom. The van der Waals surface area contributed by atoms with Crippen LogP contribution in [-0.2, 0) is 9.47 Å². The molecule has 0 aromatic carbocycles. The summed E-state index contributed by atoms with van der Waals surface area (Å²) < 4.78 is 11.0. The number of rotatable bonds is 1. The highest BCUT2D eigenvalue weighted by Crippen LogP contribution is 2.15. The van der Waals surface area contributed by atoms with Crippen molar-refractivity contribution < 1.29 is 14.6 Å². The monoisotopic (exact) mass is 283 g/mol. The maximum Gasteiger partial charge on any atom is 0.102 e. The fourth-order valence-corrected chi connectivity index (χ4v) is 2.36. The average Bonchev–Trinajstić information content (AvgIpc) is 2.41. The molecule has 1 N–H and O–H groups in total. The van der Waals surface area contributed by atoms with Crippen molar-refractivity contribution in [3.8, 4) is 0 Å². The van der Waals surface area contributed by atoms with E-state index >= 15 is 0 Å². The third-order valence-corrected chi connectivity index (χ3v) is 3.60. The quantitative estimate of drug-likeness (QED) is 0.746. The highest BCUT2D eigenvalue weighted by molar-refractivity contribution is 5.06. The third-order valence-electron chi connectivity index (χ3n) is 3.60. The molecule has 0 aromatic rings. The zero-order valence-electron chi connectivity index (χ0n) is 13.2. The molecule has 0 amide bonds. The normalized spacial score (nSPS) is 31.6. The van der Waals surface area contributed by atoms with Crippen LogP contribution in [0.25, 0.3) is 0 Å². The number of aliphatic hydroxyl groups excluding tert-OH is 1. The van der Waals surface area contributed by atoms with Crippen LogP contribution < -0.4 is 0 Å². The lowest BCUT2D eigenvalue weighted by Crippen LogP contribution is -2.32. The van der Waals surface area contributed by atoms with Gasteiger partial charge in [0.05, 0.1) is 12.7 Å². The molecule has 0 spiro atoms. The first kappa shape index (κ1) is 17.4. The Bertz CT molecular complexity index is 328. The number of nitrogens with zero attached hydrogens (tertiary/aromatic N) is 1. The minimum Gasteiger partial charge on any atom is -0.389 e. The van der Waals surface area contributed by atoms with E-state index in [1.165, 1.54) is 0 Å². The van der Waals surface area contributed by atoms with Gasteiger partial charge in [-0.25, -0.2) is 0 Å². The molecule has 1 aliphatic heterocycles. The first-order valence-electron chi connectivity index (χ1n) is 7.35. The maximum absolute atomic E-state index is 10.4. The third kappa shape index (κ3) is 6.18. The molecule has 4 heteroatoms. The predicted octanol–water partition coefficient (Wildman–Crippen LogP) is 1.85. The lowest BCUT2D eigenvalue weighted by Gasteiger charge is -2.24. The van der Waals surface area contributed by atoms with Crippen LogP contribution in [0.5, 0.6) is 0 Å². The van der Waals surface area contributed by atoms with Gasteiger partial charge < -0.3 is 19.5 Å². The van der Waals surface area contributed by atoms with E-state index in [1.807, 2.05) is 19.9 Å². The molecule has 3 unspecified atom stereocenters. The molecule has 0 bridgehead atoms. The number of ether oxygens (including phenoxy) is 2. The summed E-state index contributed by atoms with van der Waals surface area (Å²) in [6, 6.07) is 0.